The van der Waals surface area contributed by atoms with Crippen LogP contribution in [0.15, 0.2) is 18.6 Å². The molecule has 1 aliphatic carbocycles. The molecule has 2 atom stereocenters. The minimum absolute atomic E-state index is 0.241. The fourth-order valence-corrected chi connectivity index (χ4v) is 3.39. The lowest BCUT2D eigenvalue weighted by Crippen LogP contribution is -2.41. The molecular weight excluding hydrogens is 252 g/mol. The fourth-order valence-electron chi connectivity index (χ4n) is 3.39. The summed E-state index contributed by atoms with van der Waals surface area (Å²) < 4.78 is 0. The topological polar surface area (TPSA) is 49.3 Å². The van der Waals surface area contributed by atoms with E-state index in [-0.39, 0.29) is 11.3 Å². The molecule has 3 rings (SSSR count). The second kappa shape index (κ2) is 4.43. The van der Waals surface area contributed by atoms with Crippen LogP contribution in [0, 0.1) is 17.3 Å². The van der Waals surface area contributed by atoms with Crippen LogP contribution in [0.1, 0.15) is 20.8 Å². The van der Waals surface area contributed by atoms with Gasteiger partial charge in [-0.3, -0.25) is 4.79 Å². The molecule has 1 aliphatic heterocycles. The maximum absolute atomic E-state index is 12.3. The number of rotatable bonds is 2. The summed E-state index contributed by atoms with van der Waals surface area (Å²) in [4.78, 5) is 24.8. The van der Waals surface area contributed by atoms with Gasteiger partial charge in [0.1, 0.15) is 12.1 Å². The van der Waals surface area contributed by atoms with E-state index < -0.39 is 0 Å². The quantitative estimate of drug-likeness (QED) is 0.818. The first-order valence-electron chi connectivity index (χ1n) is 7.18. The van der Waals surface area contributed by atoms with Crippen LogP contribution in [-0.2, 0) is 4.79 Å². The van der Waals surface area contributed by atoms with Crippen molar-refractivity contribution in [2.75, 3.05) is 25.0 Å². The summed E-state index contributed by atoms with van der Waals surface area (Å²) >= 11 is 0. The van der Waals surface area contributed by atoms with Crippen molar-refractivity contribution in [3.63, 3.8) is 0 Å². The van der Waals surface area contributed by atoms with Crippen molar-refractivity contribution < 1.29 is 4.79 Å². The second-order valence-electron chi connectivity index (χ2n) is 6.96. The van der Waals surface area contributed by atoms with Gasteiger partial charge in [-0.2, -0.15) is 0 Å². The van der Waals surface area contributed by atoms with Crippen LogP contribution < -0.4 is 4.90 Å². The average Bonchev–Trinajstić information content (AvgIpc) is 2.91. The third-order valence-corrected chi connectivity index (χ3v) is 4.45. The van der Waals surface area contributed by atoms with Gasteiger partial charge in [0.15, 0.2) is 0 Å². The molecule has 20 heavy (non-hydrogen) atoms. The molecule has 2 aliphatic rings. The molecular formula is C15H22N4O. The summed E-state index contributed by atoms with van der Waals surface area (Å²) in [5.74, 6) is 2.43. The highest BCUT2D eigenvalue weighted by Gasteiger charge is 2.59. The third kappa shape index (κ3) is 2.15. The Labute approximate surface area is 120 Å². The molecule has 0 radical (unpaired) electrons. The van der Waals surface area contributed by atoms with Crippen molar-refractivity contribution in [1.29, 1.82) is 0 Å². The highest BCUT2D eigenvalue weighted by atomic mass is 16.2. The molecule has 0 aromatic carbocycles. The Morgan fingerprint density at radius 3 is 2.50 bits per heavy atom. The van der Waals surface area contributed by atoms with Gasteiger partial charge < -0.3 is 9.80 Å². The van der Waals surface area contributed by atoms with Crippen LogP contribution in [0.2, 0.25) is 0 Å². The number of fused-ring (bicyclic) bond motifs is 1. The Kier molecular flexibility index (Phi) is 2.96. The summed E-state index contributed by atoms with van der Waals surface area (Å²) in [7, 11) is 1.95. The molecule has 5 heteroatoms. The van der Waals surface area contributed by atoms with Gasteiger partial charge in [-0.1, -0.05) is 20.8 Å². The van der Waals surface area contributed by atoms with E-state index in [0.717, 1.165) is 18.9 Å². The van der Waals surface area contributed by atoms with Crippen molar-refractivity contribution >= 4 is 11.7 Å². The zero-order chi connectivity index (χ0) is 14.5. The molecule has 2 fully saturated rings. The number of hydrogen-bond acceptors (Lipinski definition) is 4. The summed E-state index contributed by atoms with van der Waals surface area (Å²) in [6, 6.07) is 2.36. The minimum Gasteiger partial charge on any atom is -0.356 e. The number of nitrogens with zero attached hydrogens (tertiary/aromatic N) is 4. The van der Waals surface area contributed by atoms with Gasteiger partial charge in [-0.05, 0) is 6.07 Å². The number of aromatic nitrogens is 2. The van der Waals surface area contributed by atoms with E-state index in [2.05, 4.69) is 14.9 Å². The number of amides is 1. The Morgan fingerprint density at radius 1 is 1.35 bits per heavy atom. The highest BCUT2D eigenvalue weighted by molar-refractivity contribution is 5.82. The van der Waals surface area contributed by atoms with E-state index in [9.17, 15) is 4.79 Å². The van der Waals surface area contributed by atoms with Crippen LogP contribution in [0.4, 0.5) is 5.82 Å². The van der Waals surface area contributed by atoms with E-state index in [1.165, 1.54) is 0 Å². The number of anilines is 1. The lowest BCUT2D eigenvalue weighted by Gasteiger charge is -2.29. The van der Waals surface area contributed by atoms with Crippen molar-refractivity contribution in [2.45, 2.75) is 26.8 Å². The number of carbonyl (C=O) groups excluding carboxylic acids is 1. The molecule has 2 heterocycles. The van der Waals surface area contributed by atoms with E-state index in [1.807, 2.05) is 38.8 Å². The maximum atomic E-state index is 12.3. The SMILES string of the molecule is CN(C(=O)C(C)(C)C)C1C2CN(c3ccncn3)CC21. The predicted octanol–water partition coefficient (Wildman–Crippen LogP) is 1.42. The predicted molar refractivity (Wildman–Crippen MR) is 77.2 cm³/mol. The van der Waals surface area contributed by atoms with E-state index in [4.69, 9.17) is 0 Å². The summed E-state index contributed by atoms with van der Waals surface area (Å²) in [5.41, 5.74) is -0.294. The second-order valence-corrected chi connectivity index (χ2v) is 6.96. The molecule has 1 amide bonds. The monoisotopic (exact) mass is 274 g/mol. The largest absolute Gasteiger partial charge is 0.356 e. The standard InChI is InChI=1S/C15H22N4O/c1-15(2,3)14(20)18(4)13-10-7-19(8-11(10)13)12-5-6-16-9-17-12/h5-6,9-11,13H,7-8H2,1-4H3. The van der Waals surface area contributed by atoms with Gasteiger partial charge in [-0.25, -0.2) is 9.97 Å². The lowest BCUT2D eigenvalue weighted by molar-refractivity contribution is -0.139. The zero-order valence-electron chi connectivity index (χ0n) is 12.6. The molecule has 1 saturated heterocycles. The van der Waals surface area contributed by atoms with E-state index in [0.29, 0.717) is 17.9 Å². The Hall–Kier alpha value is -1.65. The first-order valence-corrected chi connectivity index (χ1v) is 7.18. The van der Waals surface area contributed by atoms with Gasteiger partial charge in [-0.15, -0.1) is 0 Å². The van der Waals surface area contributed by atoms with Crippen molar-refractivity contribution in [1.82, 2.24) is 14.9 Å². The van der Waals surface area contributed by atoms with E-state index in [1.54, 1.807) is 12.5 Å². The van der Waals surface area contributed by atoms with Crippen LogP contribution in [0.25, 0.3) is 0 Å². The maximum Gasteiger partial charge on any atom is 0.227 e. The first kappa shape index (κ1) is 13.3. The zero-order valence-corrected chi connectivity index (χ0v) is 12.6. The average molecular weight is 274 g/mol. The normalized spacial score (nSPS) is 28.2. The Bertz CT molecular complexity index is 498. The van der Waals surface area contributed by atoms with Crippen LogP contribution in [-0.4, -0.2) is 47.0 Å². The number of piperidine rings is 1. The first-order chi connectivity index (χ1) is 9.39. The molecule has 0 N–H and O–H groups in total. The van der Waals surface area contributed by atoms with Crippen molar-refractivity contribution in [2.24, 2.45) is 17.3 Å². The van der Waals surface area contributed by atoms with Crippen LogP contribution in [0.5, 0.6) is 0 Å². The number of hydrogen-bond donors (Lipinski definition) is 0. The highest BCUT2D eigenvalue weighted by Crippen LogP contribution is 2.49. The van der Waals surface area contributed by atoms with Gasteiger partial charge in [0.2, 0.25) is 5.91 Å². The van der Waals surface area contributed by atoms with Gasteiger partial charge in [0.05, 0.1) is 0 Å². The summed E-state index contributed by atoms with van der Waals surface area (Å²) in [5, 5.41) is 0. The van der Waals surface area contributed by atoms with Gasteiger partial charge >= 0.3 is 0 Å². The summed E-state index contributed by atoms with van der Waals surface area (Å²) in [6.07, 6.45) is 3.37. The molecule has 5 nitrogen and oxygen atoms in total. The molecule has 2 unspecified atom stereocenters. The minimum atomic E-state index is -0.294. The number of carbonyl (C=O) groups is 1. The van der Waals surface area contributed by atoms with Crippen molar-refractivity contribution in [3.8, 4) is 0 Å². The molecule has 0 bridgehead atoms. The molecule has 1 saturated carbocycles. The molecule has 1 aromatic rings. The molecule has 108 valence electrons. The molecule has 0 spiro atoms. The van der Waals surface area contributed by atoms with E-state index >= 15 is 0 Å². The van der Waals surface area contributed by atoms with Crippen LogP contribution in [0.3, 0.4) is 0 Å². The Balaban J connectivity index is 1.61. The van der Waals surface area contributed by atoms with Gasteiger partial charge in [0, 0.05) is 49.6 Å². The third-order valence-electron chi connectivity index (χ3n) is 4.45. The fraction of sp³-hybridized carbons (Fsp3) is 0.667. The smallest absolute Gasteiger partial charge is 0.227 e. The van der Waals surface area contributed by atoms with Gasteiger partial charge in [0.25, 0.3) is 0 Å². The Morgan fingerprint density at radius 2 is 2.00 bits per heavy atom. The lowest BCUT2D eigenvalue weighted by atomic mass is 9.95. The molecule has 1 aromatic heterocycles. The van der Waals surface area contributed by atoms with Crippen LogP contribution >= 0.6 is 0 Å². The summed E-state index contributed by atoms with van der Waals surface area (Å²) in [6.45, 7) is 7.94. The van der Waals surface area contributed by atoms with Crippen molar-refractivity contribution in [3.05, 3.63) is 18.6 Å².